The van der Waals surface area contributed by atoms with Crippen LogP contribution in [0.15, 0.2) is 0 Å². The smallest absolute Gasteiger partial charge is 0.126 e. The van der Waals surface area contributed by atoms with Crippen LogP contribution < -0.4 is 0 Å². The molecule has 0 N–H and O–H groups in total. The quantitative estimate of drug-likeness (QED) is 0.449. The van der Waals surface area contributed by atoms with Gasteiger partial charge in [-0.05, 0) is 6.42 Å². The van der Waals surface area contributed by atoms with Crippen LogP contribution in [0.1, 0.15) is 6.42 Å². The SMILES string of the molecule is ClCC1(CCl)[C@@H]2[C@@H](Cl)C(Cl)(Cl)[C@]1(C(Cl)Cl)CC2(Cl)Cl. The molecule has 2 saturated carbocycles. The summed E-state index contributed by atoms with van der Waals surface area (Å²) in [5.41, 5.74) is -1.90. The van der Waals surface area contributed by atoms with Crippen molar-refractivity contribution in [3.05, 3.63) is 0 Å². The summed E-state index contributed by atoms with van der Waals surface area (Å²) in [5, 5.41) is -0.753. The molecular formula is C10H9Cl9. The summed E-state index contributed by atoms with van der Waals surface area (Å²) in [6.07, 6.45) is 0.182. The van der Waals surface area contributed by atoms with Gasteiger partial charge in [-0.25, -0.2) is 0 Å². The second kappa shape index (κ2) is 5.32. The predicted molar refractivity (Wildman–Crippen MR) is 88.4 cm³/mol. The van der Waals surface area contributed by atoms with E-state index in [0.717, 1.165) is 0 Å². The van der Waals surface area contributed by atoms with Gasteiger partial charge >= 0.3 is 0 Å². The molecule has 2 fully saturated rings. The van der Waals surface area contributed by atoms with Crippen LogP contribution in [0.5, 0.6) is 0 Å². The first-order valence-electron chi connectivity index (χ1n) is 5.35. The average molecular weight is 448 g/mol. The van der Waals surface area contributed by atoms with E-state index < -0.39 is 35.6 Å². The van der Waals surface area contributed by atoms with Gasteiger partial charge in [0.15, 0.2) is 0 Å². The molecular weight excluding hydrogens is 439 g/mol. The molecule has 0 nitrogen and oxygen atoms in total. The Morgan fingerprint density at radius 3 is 1.79 bits per heavy atom. The van der Waals surface area contributed by atoms with Crippen molar-refractivity contribution in [3.63, 3.8) is 0 Å². The van der Waals surface area contributed by atoms with E-state index in [-0.39, 0.29) is 18.2 Å². The number of hydrogen-bond acceptors (Lipinski definition) is 0. The van der Waals surface area contributed by atoms with Crippen LogP contribution >= 0.6 is 104 Å². The van der Waals surface area contributed by atoms with Crippen LogP contribution in [-0.4, -0.2) is 30.6 Å². The lowest BCUT2D eigenvalue weighted by atomic mass is 9.70. The van der Waals surface area contributed by atoms with E-state index in [2.05, 4.69) is 0 Å². The average Bonchev–Trinajstić information content (AvgIpc) is 2.60. The third kappa shape index (κ3) is 1.94. The molecule has 0 aromatic heterocycles. The Hall–Kier alpha value is 2.61. The lowest BCUT2D eigenvalue weighted by Crippen LogP contribution is -2.53. The van der Waals surface area contributed by atoms with Crippen molar-refractivity contribution in [2.45, 2.75) is 25.3 Å². The van der Waals surface area contributed by atoms with E-state index in [9.17, 15) is 0 Å². The Morgan fingerprint density at radius 2 is 1.47 bits per heavy atom. The number of hydrogen-bond donors (Lipinski definition) is 0. The largest absolute Gasteiger partial charge is 0.143 e. The lowest BCUT2D eigenvalue weighted by molar-refractivity contribution is 0.145. The highest BCUT2D eigenvalue weighted by atomic mass is 35.5. The molecule has 3 atom stereocenters. The summed E-state index contributed by atoms with van der Waals surface area (Å²) in [6.45, 7) is 0. The van der Waals surface area contributed by atoms with Gasteiger partial charge in [0.05, 0.1) is 5.38 Å². The van der Waals surface area contributed by atoms with Crippen LogP contribution in [0, 0.1) is 16.7 Å². The zero-order valence-corrected chi connectivity index (χ0v) is 16.1. The zero-order valence-electron chi connectivity index (χ0n) is 9.26. The fourth-order valence-corrected chi connectivity index (χ4v) is 8.72. The molecule has 112 valence electrons. The summed E-state index contributed by atoms with van der Waals surface area (Å²) >= 11 is 56.8. The van der Waals surface area contributed by atoms with E-state index in [0.29, 0.717) is 0 Å². The molecule has 0 spiro atoms. The predicted octanol–water partition coefficient (Wildman–Crippen LogP) is 6.23. The normalized spacial score (nSPS) is 42.0. The standard InChI is InChI=1S/C10H9Cl9/c11-2-7(3-12)4-5(13)10(18,19)8(7,6(14)15)1-9(4,16)17/h4-6H,1-3H2/t4-,5+,8-/m0/s1. The van der Waals surface area contributed by atoms with Crippen molar-refractivity contribution in [1.82, 2.24) is 0 Å². The van der Waals surface area contributed by atoms with E-state index in [1.165, 1.54) is 0 Å². The van der Waals surface area contributed by atoms with Crippen LogP contribution in [0.4, 0.5) is 0 Å². The summed E-state index contributed by atoms with van der Waals surface area (Å²) in [7, 11) is 0. The molecule has 2 bridgehead atoms. The Balaban J connectivity index is 2.74. The minimum absolute atomic E-state index is 0.114. The first-order chi connectivity index (χ1) is 8.55. The second-order valence-corrected chi connectivity index (χ2v) is 10.2. The molecule has 0 radical (unpaired) electrons. The third-order valence-electron chi connectivity index (χ3n) is 4.54. The Morgan fingerprint density at radius 1 is 1.00 bits per heavy atom. The van der Waals surface area contributed by atoms with Crippen LogP contribution in [0.3, 0.4) is 0 Å². The van der Waals surface area contributed by atoms with Gasteiger partial charge in [-0.1, -0.05) is 23.2 Å². The highest BCUT2D eigenvalue weighted by molar-refractivity contribution is 6.58. The highest BCUT2D eigenvalue weighted by Gasteiger charge is 2.85. The monoisotopic (exact) mass is 444 g/mol. The van der Waals surface area contributed by atoms with E-state index >= 15 is 0 Å². The number of halogens is 9. The molecule has 0 aliphatic heterocycles. The Kier molecular flexibility index (Phi) is 5.02. The molecule has 0 aromatic carbocycles. The van der Waals surface area contributed by atoms with Crippen molar-refractivity contribution in [3.8, 4) is 0 Å². The summed E-state index contributed by atoms with van der Waals surface area (Å²) in [6, 6.07) is 0. The van der Waals surface area contributed by atoms with Gasteiger partial charge in [-0.3, -0.25) is 0 Å². The molecule has 0 amide bonds. The summed E-state index contributed by atoms with van der Waals surface area (Å²) < 4.78 is -2.59. The second-order valence-electron chi connectivity index (χ2n) is 5.14. The zero-order chi connectivity index (χ0) is 14.9. The summed E-state index contributed by atoms with van der Waals surface area (Å²) in [4.78, 5) is -0.953. The first kappa shape index (κ1) is 18.0. The molecule has 0 unspecified atom stereocenters. The number of alkyl halides is 9. The molecule has 19 heavy (non-hydrogen) atoms. The maximum absolute atomic E-state index is 6.47. The van der Waals surface area contributed by atoms with Crippen molar-refractivity contribution in [2.24, 2.45) is 16.7 Å². The van der Waals surface area contributed by atoms with Crippen molar-refractivity contribution in [2.75, 3.05) is 11.8 Å². The maximum atomic E-state index is 6.47. The van der Waals surface area contributed by atoms with Crippen molar-refractivity contribution >= 4 is 104 Å². The van der Waals surface area contributed by atoms with Gasteiger partial charge in [0, 0.05) is 28.5 Å². The minimum atomic E-state index is -1.41. The van der Waals surface area contributed by atoms with Gasteiger partial charge in [0.1, 0.15) is 13.5 Å². The topological polar surface area (TPSA) is 0 Å². The van der Waals surface area contributed by atoms with E-state index in [4.69, 9.17) is 104 Å². The van der Waals surface area contributed by atoms with E-state index in [1.807, 2.05) is 0 Å². The fourth-order valence-electron chi connectivity index (χ4n) is 3.62. The molecule has 0 heterocycles. The highest BCUT2D eigenvalue weighted by Crippen LogP contribution is 2.81. The first-order valence-corrected chi connectivity index (χ1v) is 9.24. The van der Waals surface area contributed by atoms with Crippen molar-refractivity contribution < 1.29 is 0 Å². The molecule has 9 heteroatoms. The lowest BCUT2D eigenvalue weighted by Gasteiger charge is -2.47. The number of rotatable bonds is 3. The van der Waals surface area contributed by atoms with Gasteiger partial charge in [-0.15, -0.1) is 81.2 Å². The van der Waals surface area contributed by atoms with Gasteiger partial charge in [-0.2, -0.15) is 0 Å². The van der Waals surface area contributed by atoms with E-state index in [1.54, 1.807) is 0 Å². The molecule has 2 aliphatic rings. The number of fused-ring (bicyclic) bond motifs is 2. The molecule has 2 rings (SSSR count). The van der Waals surface area contributed by atoms with Gasteiger partial charge in [0.2, 0.25) is 0 Å². The Labute approximate surface area is 157 Å². The van der Waals surface area contributed by atoms with Crippen LogP contribution in [0.25, 0.3) is 0 Å². The van der Waals surface area contributed by atoms with Gasteiger partial charge in [0.25, 0.3) is 0 Å². The van der Waals surface area contributed by atoms with Gasteiger partial charge < -0.3 is 0 Å². The fraction of sp³-hybridized carbons (Fsp3) is 1.00. The van der Waals surface area contributed by atoms with Crippen molar-refractivity contribution in [1.29, 1.82) is 0 Å². The Bertz CT molecular complexity index is 375. The minimum Gasteiger partial charge on any atom is -0.126 e. The van der Waals surface area contributed by atoms with Crippen LogP contribution in [-0.2, 0) is 0 Å². The van der Waals surface area contributed by atoms with Crippen LogP contribution in [0.2, 0.25) is 0 Å². The molecule has 2 aliphatic carbocycles. The maximum Gasteiger partial charge on any atom is 0.143 e. The molecule has 0 saturated heterocycles. The molecule has 0 aromatic rings. The summed E-state index contributed by atoms with van der Waals surface area (Å²) in [5.74, 6) is -0.277. The third-order valence-corrected chi connectivity index (χ3v) is 8.92.